The summed E-state index contributed by atoms with van der Waals surface area (Å²) >= 11 is 0. The number of ether oxygens (including phenoxy) is 2. The van der Waals surface area contributed by atoms with Gasteiger partial charge in [0.2, 0.25) is 5.56 Å². The first-order valence-corrected chi connectivity index (χ1v) is 10.6. The van der Waals surface area contributed by atoms with Crippen molar-refractivity contribution in [2.75, 3.05) is 21.3 Å². The molecule has 8 nitrogen and oxygen atoms in total. The van der Waals surface area contributed by atoms with Gasteiger partial charge in [-0.1, -0.05) is 24.3 Å². The molecule has 1 aliphatic heterocycles. The molecule has 33 heavy (non-hydrogen) atoms. The second-order valence-corrected chi connectivity index (χ2v) is 7.78. The number of hydrazone groups is 1. The van der Waals surface area contributed by atoms with E-state index in [9.17, 15) is 9.59 Å². The van der Waals surface area contributed by atoms with Crippen molar-refractivity contribution in [3.63, 3.8) is 0 Å². The average molecular weight is 447 g/mol. The number of aromatic amines is 1. The van der Waals surface area contributed by atoms with Crippen molar-refractivity contribution in [1.29, 1.82) is 0 Å². The zero-order valence-electron chi connectivity index (χ0n) is 19.0. The van der Waals surface area contributed by atoms with E-state index >= 15 is 0 Å². The van der Waals surface area contributed by atoms with Gasteiger partial charge in [-0.2, -0.15) is 5.10 Å². The summed E-state index contributed by atoms with van der Waals surface area (Å²) in [6.07, 6.45) is 2.29. The van der Waals surface area contributed by atoms with E-state index < -0.39 is 0 Å². The van der Waals surface area contributed by atoms with Crippen LogP contribution in [0.4, 0.5) is 4.79 Å². The number of amides is 2. The molecule has 0 radical (unpaired) electrons. The van der Waals surface area contributed by atoms with E-state index in [0.29, 0.717) is 23.6 Å². The third-order valence-corrected chi connectivity index (χ3v) is 5.70. The summed E-state index contributed by atoms with van der Waals surface area (Å²) in [4.78, 5) is 26.7. The molecule has 1 aliphatic rings. The van der Waals surface area contributed by atoms with Gasteiger partial charge in [-0.3, -0.25) is 4.79 Å². The number of hydrogen-bond donors (Lipinski definition) is 2. The van der Waals surface area contributed by atoms with E-state index in [1.807, 2.05) is 43.3 Å². The van der Waals surface area contributed by atoms with Crippen LogP contribution in [-0.2, 0) is 6.42 Å². The standard InChI is InChI=1S/C25H26N4O4/c1-15-11-19-12-21(32-3)22(33-4)13-20(19)24(28-29(15)25(31)26-2)17-7-5-16(6-8-17)18-9-10-23(30)27-14-18/h5-10,12-15H,11H2,1-4H3,(H,26,31)(H,27,30)/t15-/m0/s1. The van der Waals surface area contributed by atoms with E-state index in [0.717, 1.165) is 27.8 Å². The van der Waals surface area contributed by atoms with Gasteiger partial charge in [0.25, 0.3) is 0 Å². The number of rotatable bonds is 4. The normalized spacial score (nSPS) is 15.2. The molecule has 2 heterocycles. The molecule has 0 fully saturated rings. The first-order chi connectivity index (χ1) is 15.9. The number of hydrogen-bond acceptors (Lipinski definition) is 5. The number of benzene rings is 2. The van der Waals surface area contributed by atoms with Gasteiger partial charge in [-0.15, -0.1) is 0 Å². The molecule has 2 N–H and O–H groups in total. The van der Waals surface area contributed by atoms with Crippen molar-refractivity contribution < 1.29 is 14.3 Å². The molecule has 8 heteroatoms. The molecule has 0 bridgehead atoms. The number of nitrogens with zero attached hydrogens (tertiary/aromatic N) is 2. The first kappa shape index (κ1) is 22.1. The molecule has 0 spiro atoms. The predicted octanol–water partition coefficient (Wildman–Crippen LogP) is 3.40. The van der Waals surface area contributed by atoms with E-state index in [1.54, 1.807) is 33.5 Å². The molecule has 2 amide bonds. The summed E-state index contributed by atoms with van der Waals surface area (Å²) in [5.74, 6) is 1.22. The molecule has 0 unspecified atom stereocenters. The van der Waals surface area contributed by atoms with Crippen molar-refractivity contribution in [3.05, 3.63) is 81.8 Å². The summed E-state index contributed by atoms with van der Waals surface area (Å²) in [6.45, 7) is 1.96. The van der Waals surface area contributed by atoms with Crippen molar-refractivity contribution >= 4 is 11.7 Å². The lowest BCUT2D eigenvalue weighted by atomic mass is 9.93. The second kappa shape index (κ2) is 9.20. The molecule has 4 rings (SSSR count). The number of nitrogens with one attached hydrogen (secondary N) is 2. The lowest BCUT2D eigenvalue weighted by molar-refractivity contribution is 0.184. The summed E-state index contributed by atoms with van der Waals surface area (Å²) in [5.41, 5.74) is 5.10. The Morgan fingerprint density at radius 1 is 1.03 bits per heavy atom. The van der Waals surface area contributed by atoms with Crippen LogP contribution in [-0.4, -0.2) is 49.0 Å². The Morgan fingerprint density at radius 3 is 2.27 bits per heavy atom. The minimum Gasteiger partial charge on any atom is -0.493 e. The lowest BCUT2D eigenvalue weighted by Gasteiger charge is -2.22. The second-order valence-electron chi connectivity index (χ2n) is 7.78. The van der Waals surface area contributed by atoms with Crippen LogP contribution < -0.4 is 20.3 Å². The zero-order valence-corrected chi connectivity index (χ0v) is 19.0. The van der Waals surface area contributed by atoms with Gasteiger partial charge >= 0.3 is 6.03 Å². The fraction of sp³-hybridized carbons (Fsp3) is 0.240. The number of methoxy groups -OCH3 is 2. The van der Waals surface area contributed by atoms with Crippen LogP contribution >= 0.6 is 0 Å². The molecule has 170 valence electrons. The highest BCUT2D eigenvalue weighted by Crippen LogP contribution is 2.34. The van der Waals surface area contributed by atoms with Gasteiger partial charge < -0.3 is 19.8 Å². The monoisotopic (exact) mass is 446 g/mol. The maximum absolute atomic E-state index is 12.6. The van der Waals surface area contributed by atoms with E-state index in [1.165, 1.54) is 11.1 Å². The predicted molar refractivity (Wildman–Crippen MR) is 127 cm³/mol. The fourth-order valence-corrected chi connectivity index (χ4v) is 3.96. The summed E-state index contributed by atoms with van der Waals surface area (Å²) < 4.78 is 11.0. The molecule has 1 aromatic heterocycles. The quantitative estimate of drug-likeness (QED) is 0.642. The van der Waals surface area contributed by atoms with Gasteiger partial charge in [0.05, 0.1) is 26.0 Å². The Balaban J connectivity index is 1.85. The van der Waals surface area contributed by atoms with E-state index in [2.05, 4.69) is 10.3 Å². The number of pyridine rings is 1. The number of carbonyl (C=O) groups is 1. The first-order valence-electron chi connectivity index (χ1n) is 10.6. The maximum atomic E-state index is 12.6. The van der Waals surface area contributed by atoms with Gasteiger partial charge in [0, 0.05) is 30.4 Å². The SMILES string of the molecule is CNC(=O)N1N=C(c2ccc(-c3ccc(=O)[nH]c3)cc2)c2cc(OC)c(OC)cc2C[C@@H]1C. The van der Waals surface area contributed by atoms with Gasteiger partial charge in [0.15, 0.2) is 11.5 Å². The fourth-order valence-electron chi connectivity index (χ4n) is 3.96. The van der Waals surface area contributed by atoms with Crippen LogP contribution in [0.5, 0.6) is 11.5 Å². The Morgan fingerprint density at radius 2 is 1.67 bits per heavy atom. The number of H-pyrrole nitrogens is 1. The Kier molecular flexibility index (Phi) is 6.17. The highest BCUT2D eigenvalue weighted by Gasteiger charge is 2.28. The van der Waals surface area contributed by atoms with Gasteiger partial charge in [-0.05, 0) is 48.2 Å². The summed E-state index contributed by atoms with van der Waals surface area (Å²) in [6, 6.07) is 14.5. The van der Waals surface area contributed by atoms with Gasteiger partial charge in [0.1, 0.15) is 0 Å². The van der Waals surface area contributed by atoms with E-state index in [4.69, 9.17) is 14.6 Å². The number of carbonyl (C=O) groups excluding carboxylic acids is 1. The molecule has 0 saturated carbocycles. The van der Waals surface area contributed by atoms with Crippen molar-refractivity contribution in [2.45, 2.75) is 19.4 Å². The molecule has 1 atom stereocenters. The Bertz CT molecular complexity index is 1240. The van der Waals surface area contributed by atoms with Gasteiger partial charge in [-0.25, -0.2) is 9.80 Å². The molecular formula is C25H26N4O4. The average Bonchev–Trinajstić information content (AvgIpc) is 2.98. The van der Waals surface area contributed by atoms with E-state index in [-0.39, 0.29) is 17.6 Å². The minimum absolute atomic E-state index is 0.146. The number of fused-ring (bicyclic) bond motifs is 1. The minimum atomic E-state index is -0.281. The maximum Gasteiger partial charge on any atom is 0.337 e. The van der Waals surface area contributed by atoms with Crippen molar-refractivity contribution in [2.24, 2.45) is 5.10 Å². The molecule has 0 aliphatic carbocycles. The van der Waals surface area contributed by atoms with Crippen molar-refractivity contribution in [1.82, 2.24) is 15.3 Å². The van der Waals surface area contributed by atoms with Crippen LogP contribution in [0.15, 0.2) is 64.6 Å². The van der Waals surface area contributed by atoms with Crippen molar-refractivity contribution in [3.8, 4) is 22.6 Å². The van der Waals surface area contributed by atoms with Crippen LogP contribution in [0.25, 0.3) is 11.1 Å². The third kappa shape index (κ3) is 4.32. The number of aromatic nitrogens is 1. The van der Waals surface area contributed by atoms with Crippen LogP contribution in [0.1, 0.15) is 23.6 Å². The summed E-state index contributed by atoms with van der Waals surface area (Å²) in [7, 11) is 4.79. The molecule has 2 aromatic carbocycles. The molecular weight excluding hydrogens is 420 g/mol. The highest BCUT2D eigenvalue weighted by molar-refractivity contribution is 6.14. The lowest BCUT2D eigenvalue weighted by Crippen LogP contribution is -2.41. The van der Waals surface area contributed by atoms with Crippen LogP contribution in [0.2, 0.25) is 0 Å². The van der Waals surface area contributed by atoms with Crippen LogP contribution in [0, 0.1) is 0 Å². The highest BCUT2D eigenvalue weighted by atomic mass is 16.5. The number of urea groups is 1. The largest absolute Gasteiger partial charge is 0.493 e. The Hall–Kier alpha value is -4.07. The summed E-state index contributed by atoms with van der Waals surface area (Å²) in [5, 5.41) is 8.93. The zero-order chi connectivity index (χ0) is 23.5. The third-order valence-electron chi connectivity index (χ3n) is 5.70. The van der Waals surface area contributed by atoms with Crippen LogP contribution in [0.3, 0.4) is 0 Å². The smallest absolute Gasteiger partial charge is 0.337 e. The topological polar surface area (TPSA) is 96.0 Å². The molecule has 0 saturated heterocycles. The molecule has 3 aromatic rings. The Labute approximate surface area is 191 Å².